The van der Waals surface area contributed by atoms with Crippen LogP contribution in [0.4, 0.5) is 11.4 Å². The maximum absolute atomic E-state index is 12.9. The number of nitrogens with one attached hydrogen (secondary N) is 1. The summed E-state index contributed by atoms with van der Waals surface area (Å²) in [6, 6.07) is 19.4. The molecular formula is C34H36Cl2N8O4. The molecule has 4 heterocycles. The zero-order valence-electron chi connectivity index (χ0n) is 26.6. The van der Waals surface area contributed by atoms with Crippen LogP contribution in [-0.4, -0.2) is 61.5 Å². The van der Waals surface area contributed by atoms with E-state index in [4.69, 9.17) is 37.4 Å². The highest BCUT2D eigenvalue weighted by Crippen LogP contribution is 2.40. The standard InChI is InChI=1S/C34H36Cl2N8O4/c1-3-23(2)44-33(45)43(22-40-44)27-7-5-26(6-8-27)41-13-12-38-32-11-9-28(14-24(32)16-41)46-17-29-18-47-34(48-29,19-42-21-37-20-39-42)30-10-4-25(35)15-31(30)36/h4-11,14-15,20-23,29,38H,3,12-13,16-19H2,1-2H3. The van der Waals surface area contributed by atoms with Crippen molar-refractivity contribution in [2.75, 3.05) is 36.5 Å². The average Bonchev–Trinajstić information content (AvgIpc) is 3.81. The Balaban J connectivity index is 1.03. The summed E-state index contributed by atoms with van der Waals surface area (Å²) in [7, 11) is 0. The Morgan fingerprint density at radius 1 is 1.06 bits per heavy atom. The average molecular weight is 692 g/mol. The Morgan fingerprint density at radius 2 is 1.90 bits per heavy atom. The zero-order valence-corrected chi connectivity index (χ0v) is 28.1. The number of hydrogen-bond donors (Lipinski definition) is 1. The van der Waals surface area contributed by atoms with Gasteiger partial charge < -0.3 is 24.4 Å². The van der Waals surface area contributed by atoms with Crippen molar-refractivity contribution >= 4 is 34.6 Å². The molecule has 3 atom stereocenters. The van der Waals surface area contributed by atoms with E-state index in [1.54, 1.807) is 34.0 Å². The van der Waals surface area contributed by atoms with E-state index in [-0.39, 0.29) is 31.0 Å². The Morgan fingerprint density at radius 3 is 2.67 bits per heavy atom. The molecule has 0 aliphatic carbocycles. The first-order chi connectivity index (χ1) is 23.3. The van der Waals surface area contributed by atoms with Crippen LogP contribution < -0.4 is 20.6 Å². The minimum atomic E-state index is -1.18. The first-order valence-electron chi connectivity index (χ1n) is 15.9. The van der Waals surface area contributed by atoms with Gasteiger partial charge in [0.25, 0.3) is 0 Å². The van der Waals surface area contributed by atoms with E-state index >= 15 is 0 Å². The van der Waals surface area contributed by atoms with Crippen LogP contribution in [0.25, 0.3) is 5.69 Å². The minimum absolute atomic E-state index is 0.0445. The normalized spacial score (nSPS) is 19.8. The fraction of sp³-hybridized carbons (Fsp3) is 0.353. The number of anilines is 2. The van der Waals surface area contributed by atoms with Gasteiger partial charge in [-0.05, 0) is 73.5 Å². The van der Waals surface area contributed by atoms with Gasteiger partial charge in [0.2, 0.25) is 5.79 Å². The van der Waals surface area contributed by atoms with Gasteiger partial charge in [-0.15, -0.1) is 0 Å². The Hall–Kier alpha value is -4.36. The van der Waals surface area contributed by atoms with E-state index < -0.39 is 5.79 Å². The maximum atomic E-state index is 12.9. The molecule has 3 unspecified atom stereocenters. The highest BCUT2D eigenvalue weighted by molar-refractivity contribution is 6.35. The van der Waals surface area contributed by atoms with Crippen molar-refractivity contribution < 1.29 is 14.2 Å². The van der Waals surface area contributed by atoms with Gasteiger partial charge in [0, 0.05) is 41.6 Å². The van der Waals surface area contributed by atoms with Crippen molar-refractivity contribution in [3.63, 3.8) is 0 Å². The summed E-state index contributed by atoms with van der Waals surface area (Å²) in [5, 5.41) is 13.0. The molecule has 1 saturated heterocycles. The predicted octanol–water partition coefficient (Wildman–Crippen LogP) is 5.68. The molecule has 12 nitrogen and oxygen atoms in total. The summed E-state index contributed by atoms with van der Waals surface area (Å²) < 4.78 is 23.8. The molecule has 5 aromatic rings. The molecule has 3 aromatic carbocycles. The fourth-order valence-corrected chi connectivity index (χ4v) is 6.61. The van der Waals surface area contributed by atoms with Gasteiger partial charge >= 0.3 is 5.69 Å². The lowest BCUT2D eigenvalue weighted by Crippen LogP contribution is -2.35. The Kier molecular flexibility index (Phi) is 9.15. The molecule has 0 spiro atoms. The zero-order chi connectivity index (χ0) is 33.3. The van der Waals surface area contributed by atoms with Crippen LogP contribution in [0.15, 0.2) is 84.4 Å². The predicted molar refractivity (Wildman–Crippen MR) is 183 cm³/mol. The van der Waals surface area contributed by atoms with Crippen LogP contribution >= 0.6 is 23.2 Å². The molecule has 2 aromatic heterocycles. The third-order valence-corrected chi connectivity index (χ3v) is 9.35. The van der Waals surface area contributed by atoms with E-state index in [1.165, 1.54) is 11.0 Å². The molecule has 0 amide bonds. The van der Waals surface area contributed by atoms with Crippen molar-refractivity contribution in [1.82, 2.24) is 29.1 Å². The highest BCUT2D eigenvalue weighted by atomic mass is 35.5. The number of nitrogens with zero attached hydrogens (tertiary/aromatic N) is 7. The first kappa shape index (κ1) is 32.2. The third kappa shape index (κ3) is 6.53. The summed E-state index contributed by atoms with van der Waals surface area (Å²) in [4.78, 5) is 19.3. The largest absolute Gasteiger partial charge is 0.491 e. The van der Waals surface area contributed by atoms with Gasteiger partial charge in [0.05, 0.1) is 23.4 Å². The second-order valence-electron chi connectivity index (χ2n) is 12.0. The number of halogens is 2. The third-order valence-electron chi connectivity index (χ3n) is 8.80. The quantitative estimate of drug-likeness (QED) is 0.198. The number of ether oxygens (including phenoxy) is 3. The number of benzene rings is 3. The fourth-order valence-electron chi connectivity index (χ4n) is 6.06. The van der Waals surface area contributed by atoms with E-state index in [9.17, 15) is 4.79 Å². The summed E-state index contributed by atoms with van der Waals surface area (Å²) in [5.41, 5.74) is 4.53. The molecule has 2 aliphatic heterocycles. The van der Waals surface area contributed by atoms with E-state index in [1.807, 2.05) is 56.3 Å². The molecule has 48 heavy (non-hydrogen) atoms. The number of rotatable bonds is 10. The second-order valence-corrected chi connectivity index (χ2v) is 12.8. The summed E-state index contributed by atoms with van der Waals surface area (Å²) in [6.45, 7) is 7.14. The monoisotopic (exact) mass is 690 g/mol. The number of aromatic nitrogens is 6. The summed E-state index contributed by atoms with van der Waals surface area (Å²) >= 11 is 12.8. The van der Waals surface area contributed by atoms with Gasteiger partial charge in [-0.25, -0.2) is 23.7 Å². The van der Waals surface area contributed by atoms with Gasteiger partial charge in [-0.3, -0.25) is 0 Å². The van der Waals surface area contributed by atoms with Crippen molar-refractivity contribution in [2.45, 2.75) is 51.3 Å². The lowest BCUT2D eigenvalue weighted by molar-refractivity contribution is -0.190. The molecule has 0 bridgehead atoms. The smallest absolute Gasteiger partial charge is 0.350 e. The second kappa shape index (κ2) is 13.6. The Labute approximate surface area is 287 Å². The first-order valence-corrected chi connectivity index (χ1v) is 16.7. The number of hydrogen-bond acceptors (Lipinski definition) is 9. The summed E-state index contributed by atoms with van der Waals surface area (Å²) in [6.07, 6.45) is 5.12. The SMILES string of the molecule is CCC(C)n1ncn(-c2ccc(N3CCNc4ccc(OCC5COC(Cn6cncn6)(c6ccc(Cl)cc6Cl)O5)cc4C3)cc2)c1=O. The molecule has 7 rings (SSSR count). The van der Waals surface area contributed by atoms with Gasteiger partial charge in [0.15, 0.2) is 0 Å². The van der Waals surface area contributed by atoms with Gasteiger partial charge in [-0.1, -0.05) is 36.2 Å². The molecule has 0 saturated carbocycles. The molecule has 14 heteroatoms. The summed E-state index contributed by atoms with van der Waals surface area (Å²) in [5.74, 6) is -0.452. The topological polar surface area (TPSA) is 113 Å². The lowest BCUT2D eigenvalue weighted by Gasteiger charge is -2.29. The van der Waals surface area contributed by atoms with Crippen LogP contribution in [0.3, 0.4) is 0 Å². The van der Waals surface area contributed by atoms with Gasteiger partial charge in [0.1, 0.15) is 44.0 Å². The number of fused-ring (bicyclic) bond motifs is 1. The molecule has 1 fully saturated rings. The maximum Gasteiger partial charge on any atom is 0.350 e. The van der Waals surface area contributed by atoms with Crippen LogP contribution in [0.2, 0.25) is 10.0 Å². The molecule has 2 aliphatic rings. The highest BCUT2D eigenvalue weighted by Gasteiger charge is 2.45. The molecule has 1 N–H and O–H groups in total. The van der Waals surface area contributed by atoms with Crippen molar-refractivity contribution in [2.24, 2.45) is 0 Å². The van der Waals surface area contributed by atoms with E-state index in [0.29, 0.717) is 28.8 Å². The van der Waals surface area contributed by atoms with Crippen molar-refractivity contribution in [3.05, 3.63) is 111 Å². The van der Waals surface area contributed by atoms with Gasteiger partial charge in [-0.2, -0.15) is 10.2 Å². The van der Waals surface area contributed by atoms with Crippen LogP contribution in [0.1, 0.15) is 37.4 Å². The van der Waals surface area contributed by atoms with E-state index in [2.05, 4.69) is 31.5 Å². The van der Waals surface area contributed by atoms with Crippen LogP contribution in [-0.2, 0) is 28.4 Å². The van der Waals surface area contributed by atoms with Crippen LogP contribution in [0.5, 0.6) is 5.75 Å². The van der Waals surface area contributed by atoms with Crippen molar-refractivity contribution in [3.8, 4) is 11.4 Å². The van der Waals surface area contributed by atoms with Crippen molar-refractivity contribution in [1.29, 1.82) is 0 Å². The Bertz CT molecular complexity index is 1930. The minimum Gasteiger partial charge on any atom is -0.491 e. The van der Waals surface area contributed by atoms with E-state index in [0.717, 1.165) is 47.9 Å². The molecule has 250 valence electrons. The lowest BCUT2D eigenvalue weighted by atomic mass is 10.1. The molecular weight excluding hydrogens is 655 g/mol. The molecule has 0 radical (unpaired) electrons. The van der Waals surface area contributed by atoms with Crippen LogP contribution in [0, 0.1) is 0 Å².